The summed E-state index contributed by atoms with van der Waals surface area (Å²) in [5, 5.41) is 9.85. The number of fused-ring (bicyclic) bond motifs is 3. The summed E-state index contributed by atoms with van der Waals surface area (Å²) in [5.74, 6) is 0.942. The first-order valence-electron chi connectivity index (χ1n) is 6.43. The molecule has 18 heavy (non-hydrogen) atoms. The van der Waals surface area contributed by atoms with Crippen LogP contribution >= 0.6 is 0 Å². The molecular weight excluding hydrogens is 230 g/mol. The maximum Gasteiger partial charge on any atom is 0.182 e. The van der Waals surface area contributed by atoms with E-state index in [2.05, 4.69) is 24.8 Å². The maximum absolute atomic E-state index is 9.85. The van der Waals surface area contributed by atoms with Crippen molar-refractivity contribution in [1.82, 2.24) is 19.9 Å². The molecule has 4 heterocycles. The van der Waals surface area contributed by atoms with Crippen LogP contribution in [0.25, 0.3) is 11.2 Å². The van der Waals surface area contributed by atoms with Crippen molar-refractivity contribution in [2.45, 2.75) is 43.9 Å². The predicted molar refractivity (Wildman–Crippen MR) is 66.2 cm³/mol. The third-order valence-electron chi connectivity index (χ3n) is 4.16. The molecule has 2 saturated heterocycles. The zero-order valence-electron chi connectivity index (χ0n) is 9.95. The third-order valence-corrected chi connectivity index (χ3v) is 4.16. The van der Waals surface area contributed by atoms with Crippen molar-refractivity contribution in [3.05, 3.63) is 12.7 Å². The quantitative estimate of drug-likeness (QED) is 0.778. The van der Waals surface area contributed by atoms with E-state index in [4.69, 9.17) is 0 Å². The molecule has 0 saturated carbocycles. The lowest BCUT2D eigenvalue weighted by atomic mass is 10.00. The summed E-state index contributed by atoms with van der Waals surface area (Å²) >= 11 is 0. The van der Waals surface area contributed by atoms with E-state index in [1.165, 1.54) is 0 Å². The van der Waals surface area contributed by atoms with Crippen LogP contribution in [-0.2, 0) is 0 Å². The van der Waals surface area contributed by atoms with Crippen molar-refractivity contribution in [2.75, 3.05) is 4.90 Å². The topological polar surface area (TPSA) is 77.9 Å². The first-order valence-corrected chi connectivity index (χ1v) is 6.43. The highest BCUT2D eigenvalue weighted by Crippen LogP contribution is 2.39. The SMILES string of the molecule is OC1CC2CCC(C1)N2c1ncnc2nc[nH]c12. The minimum Gasteiger partial charge on any atom is -0.393 e. The zero-order chi connectivity index (χ0) is 12.1. The van der Waals surface area contributed by atoms with Gasteiger partial charge in [-0.25, -0.2) is 15.0 Å². The molecule has 2 atom stereocenters. The van der Waals surface area contributed by atoms with Gasteiger partial charge in [-0.1, -0.05) is 0 Å². The van der Waals surface area contributed by atoms with Gasteiger partial charge in [-0.3, -0.25) is 0 Å². The molecule has 0 radical (unpaired) electrons. The van der Waals surface area contributed by atoms with Gasteiger partial charge in [0.05, 0.1) is 12.4 Å². The second-order valence-corrected chi connectivity index (χ2v) is 5.22. The van der Waals surface area contributed by atoms with Crippen LogP contribution in [0, 0.1) is 0 Å². The smallest absolute Gasteiger partial charge is 0.182 e. The number of aromatic nitrogens is 4. The summed E-state index contributed by atoms with van der Waals surface area (Å²) in [6, 6.07) is 0.806. The zero-order valence-corrected chi connectivity index (χ0v) is 9.95. The van der Waals surface area contributed by atoms with Crippen molar-refractivity contribution in [3.63, 3.8) is 0 Å². The highest BCUT2D eigenvalue weighted by molar-refractivity contribution is 5.83. The summed E-state index contributed by atoms with van der Waals surface area (Å²) in [4.78, 5) is 18.2. The van der Waals surface area contributed by atoms with E-state index in [0.29, 0.717) is 17.7 Å². The third kappa shape index (κ3) is 1.35. The number of nitrogens with one attached hydrogen (secondary N) is 1. The lowest BCUT2D eigenvalue weighted by molar-refractivity contribution is 0.126. The molecule has 2 bridgehead atoms. The summed E-state index contributed by atoms with van der Waals surface area (Å²) < 4.78 is 0. The number of nitrogens with zero attached hydrogens (tertiary/aromatic N) is 4. The van der Waals surface area contributed by atoms with Crippen LogP contribution in [0.1, 0.15) is 25.7 Å². The molecule has 2 aromatic rings. The Morgan fingerprint density at radius 2 is 1.94 bits per heavy atom. The number of hydrogen-bond acceptors (Lipinski definition) is 5. The average Bonchev–Trinajstić information content (AvgIpc) is 2.92. The fraction of sp³-hybridized carbons (Fsp3) is 0.583. The monoisotopic (exact) mass is 245 g/mol. The normalized spacial score (nSPS) is 31.2. The molecule has 0 aromatic carbocycles. The van der Waals surface area contributed by atoms with Gasteiger partial charge >= 0.3 is 0 Å². The second kappa shape index (κ2) is 3.65. The van der Waals surface area contributed by atoms with E-state index >= 15 is 0 Å². The molecule has 2 aromatic heterocycles. The number of piperidine rings is 1. The molecule has 94 valence electrons. The number of aliphatic hydroxyl groups excluding tert-OH is 1. The van der Waals surface area contributed by atoms with Crippen LogP contribution in [0.4, 0.5) is 5.82 Å². The van der Waals surface area contributed by atoms with Crippen LogP contribution in [0.5, 0.6) is 0 Å². The van der Waals surface area contributed by atoms with Gasteiger partial charge in [-0.15, -0.1) is 0 Å². The van der Waals surface area contributed by atoms with Crippen LogP contribution in [0.2, 0.25) is 0 Å². The highest BCUT2D eigenvalue weighted by Gasteiger charge is 2.41. The fourth-order valence-electron chi connectivity index (χ4n) is 3.44. The number of anilines is 1. The Kier molecular flexibility index (Phi) is 2.08. The van der Waals surface area contributed by atoms with Gasteiger partial charge in [0.25, 0.3) is 0 Å². The van der Waals surface area contributed by atoms with Crippen molar-refractivity contribution in [1.29, 1.82) is 0 Å². The molecule has 2 N–H and O–H groups in total. The van der Waals surface area contributed by atoms with Gasteiger partial charge in [-0.05, 0) is 25.7 Å². The summed E-state index contributed by atoms with van der Waals surface area (Å²) in [6.07, 6.45) is 7.04. The van der Waals surface area contributed by atoms with Gasteiger partial charge in [0.15, 0.2) is 11.5 Å². The molecule has 6 nitrogen and oxygen atoms in total. The first kappa shape index (κ1) is 10.3. The first-order chi connectivity index (χ1) is 8.83. The van der Waals surface area contributed by atoms with E-state index in [9.17, 15) is 5.11 Å². The molecular formula is C12H15N5O. The van der Waals surface area contributed by atoms with E-state index in [-0.39, 0.29) is 6.10 Å². The Morgan fingerprint density at radius 1 is 1.17 bits per heavy atom. The summed E-state index contributed by atoms with van der Waals surface area (Å²) in [6.45, 7) is 0. The number of H-pyrrole nitrogens is 1. The number of hydrogen-bond donors (Lipinski definition) is 2. The van der Waals surface area contributed by atoms with Gasteiger partial charge in [0.1, 0.15) is 11.8 Å². The molecule has 2 aliphatic heterocycles. The molecule has 0 amide bonds. The van der Waals surface area contributed by atoms with E-state index in [1.807, 2.05) is 0 Å². The molecule has 2 aliphatic rings. The van der Waals surface area contributed by atoms with Crippen molar-refractivity contribution in [3.8, 4) is 0 Å². The lowest BCUT2D eigenvalue weighted by Gasteiger charge is -2.38. The fourth-order valence-corrected chi connectivity index (χ4v) is 3.44. The molecule has 0 spiro atoms. The minimum absolute atomic E-state index is 0.155. The van der Waals surface area contributed by atoms with Crippen LogP contribution in [-0.4, -0.2) is 43.2 Å². The molecule has 2 fully saturated rings. The Morgan fingerprint density at radius 3 is 2.72 bits per heavy atom. The van der Waals surface area contributed by atoms with Crippen LogP contribution in [0.15, 0.2) is 12.7 Å². The van der Waals surface area contributed by atoms with E-state index in [1.54, 1.807) is 12.7 Å². The van der Waals surface area contributed by atoms with Crippen LogP contribution < -0.4 is 4.90 Å². The number of aliphatic hydroxyl groups is 1. The maximum atomic E-state index is 9.85. The van der Waals surface area contributed by atoms with E-state index < -0.39 is 0 Å². The Balaban J connectivity index is 1.81. The molecule has 2 unspecified atom stereocenters. The van der Waals surface area contributed by atoms with Gasteiger partial charge in [-0.2, -0.15) is 0 Å². The number of aromatic amines is 1. The Hall–Kier alpha value is -1.69. The number of rotatable bonds is 1. The highest BCUT2D eigenvalue weighted by atomic mass is 16.3. The molecule has 4 rings (SSSR count). The summed E-state index contributed by atoms with van der Waals surface area (Å²) in [5.41, 5.74) is 1.62. The minimum atomic E-state index is -0.155. The Labute approximate surface area is 104 Å². The lowest BCUT2D eigenvalue weighted by Crippen LogP contribution is -2.45. The largest absolute Gasteiger partial charge is 0.393 e. The van der Waals surface area contributed by atoms with Gasteiger partial charge in [0.2, 0.25) is 0 Å². The number of imidazole rings is 1. The standard InChI is InChI=1S/C12H15N5O/c18-9-3-7-1-2-8(4-9)17(7)12-10-11(14-5-13-10)15-6-16-12/h5-9,18H,1-4H2,(H,13,14,15,16). The van der Waals surface area contributed by atoms with Crippen LogP contribution in [0.3, 0.4) is 0 Å². The van der Waals surface area contributed by atoms with E-state index in [0.717, 1.165) is 37.0 Å². The average molecular weight is 245 g/mol. The molecule has 6 heteroatoms. The second-order valence-electron chi connectivity index (χ2n) is 5.22. The van der Waals surface area contributed by atoms with Crippen molar-refractivity contribution < 1.29 is 5.11 Å². The molecule has 0 aliphatic carbocycles. The summed E-state index contributed by atoms with van der Waals surface area (Å²) in [7, 11) is 0. The van der Waals surface area contributed by atoms with Gasteiger partial charge < -0.3 is 15.0 Å². The van der Waals surface area contributed by atoms with Gasteiger partial charge in [0, 0.05) is 12.1 Å². The Bertz CT molecular complexity index is 569. The van der Waals surface area contributed by atoms with Crippen molar-refractivity contribution >= 4 is 17.0 Å². The van der Waals surface area contributed by atoms with Crippen molar-refractivity contribution in [2.24, 2.45) is 0 Å². The predicted octanol–water partition coefficient (Wildman–Crippen LogP) is 0.845.